The van der Waals surface area contributed by atoms with Crippen molar-refractivity contribution in [2.75, 3.05) is 19.6 Å². The van der Waals surface area contributed by atoms with Crippen molar-refractivity contribution >= 4 is 11.3 Å². The molecule has 0 spiro atoms. The van der Waals surface area contributed by atoms with Crippen LogP contribution < -0.4 is 11.1 Å². The van der Waals surface area contributed by atoms with Crippen molar-refractivity contribution in [1.29, 1.82) is 0 Å². The summed E-state index contributed by atoms with van der Waals surface area (Å²) < 4.78 is 0. The number of aromatic nitrogens is 1. The van der Waals surface area contributed by atoms with E-state index in [2.05, 4.69) is 15.7 Å². The van der Waals surface area contributed by atoms with Crippen LogP contribution in [-0.2, 0) is 6.42 Å². The third-order valence-corrected chi connectivity index (χ3v) is 2.98. The zero-order valence-corrected chi connectivity index (χ0v) is 10.1. The van der Waals surface area contributed by atoms with E-state index in [9.17, 15) is 0 Å². The quantitative estimate of drug-likeness (QED) is 0.632. The van der Waals surface area contributed by atoms with E-state index in [0.717, 1.165) is 26.1 Å². The molecule has 0 unspecified atom stereocenters. The van der Waals surface area contributed by atoms with Crippen molar-refractivity contribution in [3.05, 3.63) is 16.6 Å². The minimum atomic E-state index is 0.831. The zero-order chi connectivity index (χ0) is 10.8. The highest BCUT2D eigenvalue weighted by Gasteiger charge is 1.94. The summed E-state index contributed by atoms with van der Waals surface area (Å²) in [5.41, 5.74) is 8.52. The summed E-state index contributed by atoms with van der Waals surface area (Å²) in [6.07, 6.45) is 6.04. The lowest BCUT2D eigenvalue weighted by atomic mass is 10.2. The number of nitrogens with zero attached hydrogens (tertiary/aromatic N) is 1. The number of hydrogen-bond acceptors (Lipinski definition) is 4. The number of unbranched alkanes of at least 4 members (excludes halogenated alkanes) is 3. The van der Waals surface area contributed by atoms with Crippen LogP contribution in [0.5, 0.6) is 0 Å². The van der Waals surface area contributed by atoms with Gasteiger partial charge in [-0.1, -0.05) is 12.8 Å². The molecule has 1 aromatic heterocycles. The van der Waals surface area contributed by atoms with Gasteiger partial charge in [-0.3, -0.25) is 0 Å². The molecule has 1 heterocycles. The van der Waals surface area contributed by atoms with E-state index in [0.29, 0.717) is 0 Å². The minimum absolute atomic E-state index is 0.831. The van der Waals surface area contributed by atoms with Crippen molar-refractivity contribution in [3.63, 3.8) is 0 Å². The SMILES string of the molecule is NCCCCCCNCCc1cscn1. The van der Waals surface area contributed by atoms with Crippen LogP contribution in [0.1, 0.15) is 31.4 Å². The molecule has 1 aromatic rings. The minimum Gasteiger partial charge on any atom is -0.330 e. The van der Waals surface area contributed by atoms with Gasteiger partial charge in [0.25, 0.3) is 0 Å². The molecule has 0 aliphatic carbocycles. The van der Waals surface area contributed by atoms with Crippen molar-refractivity contribution in [2.45, 2.75) is 32.1 Å². The fraction of sp³-hybridized carbons (Fsp3) is 0.727. The third-order valence-electron chi connectivity index (χ3n) is 2.35. The Balaban J connectivity index is 1.81. The first-order valence-electron chi connectivity index (χ1n) is 5.71. The van der Waals surface area contributed by atoms with Crippen LogP contribution >= 0.6 is 11.3 Å². The van der Waals surface area contributed by atoms with Crippen LogP contribution in [0.4, 0.5) is 0 Å². The maximum atomic E-state index is 5.42. The highest BCUT2D eigenvalue weighted by Crippen LogP contribution is 2.01. The van der Waals surface area contributed by atoms with E-state index < -0.39 is 0 Å². The Morgan fingerprint density at radius 1 is 1.20 bits per heavy atom. The van der Waals surface area contributed by atoms with Crippen molar-refractivity contribution in [3.8, 4) is 0 Å². The Hall–Kier alpha value is -0.450. The Labute approximate surface area is 96.1 Å². The van der Waals surface area contributed by atoms with Gasteiger partial charge in [0.05, 0.1) is 11.2 Å². The summed E-state index contributed by atoms with van der Waals surface area (Å²) in [5.74, 6) is 0. The first-order chi connectivity index (χ1) is 7.43. The van der Waals surface area contributed by atoms with Crippen LogP contribution in [-0.4, -0.2) is 24.6 Å². The van der Waals surface area contributed by atoms with Crippen LogP contribution in [0.15, 0.2) is 10.9 Å². The molecule has 0 radical (unpaired) electrons. The largest absolute Gasteiger partial charge is 0.330 e. The van der Waals surface area contributed by atoms with E-state index >= 15 is 0 Å². The van der Waals surface area contributed by atoms with Gasteiger partial charge in [-0.25, -0.2) is 4.98 Å². The van der Waals surface area contributed by atoms with Gasteiger partial charge in [0, 0.05) is 18.3 Å². The number of thiazole rings is 1. The van der Waals surface area contributed by atoms with Gasteiger partial charge in [0.2, 0.25) is 0 Å². The zero-order valence-electron chi connectivity index (χ0n) is 9.24. The average Bonchev–Trinajstić information content (AvgIpc) is 2.75. The summed E-state index contributed by atoms with van der Waals surface area (Å²) in [6, 6.07) is 0. The Morgan fingerprint density at radius 3 is 2.80 bits per heavy atom. The predicted octanol–water partition coefficient (Wildman–Crippen LogP) is 1.79. The molecule has 0 bridgehead atoms. The summed E-state index contributed by atoms with van der Waals surface area (Å²) in [5, 5.41) is 5.55. The molecular formula is C11H21N3S. The molecule has 3 nitrogen and oxygen atoms in total. The molecular weight excluding hydrogens is 206 g/mol. The first kappa shape index (κ1) is 12.6. The summed E-state index contributed by atoms with van der Waals surface area (Å²) in [4.78, 5) is 4.24. The number of rotatable bonds is 9. The molecule has 86 valence electrons. The fourth-order valence-corrected chi connectivity index (χ4v) is 2.04. The summed E-state index contributed by atoms with van der Waals surface area (Å²) in [6.45, 7) is 2.99. The lowest BCUT2D eigenvalue weighted by Crippen LogP contribution is -2.18. The summed E-state index contributed by atoms with van der Waals surface area (Å²) in [7, 11) is 0. The van der Waals surface area contributed by atoms with Gasteiger partial charge in [-0.15, -0.1) is 11.3 Å². The highest BCUT2D eigenvalue weighted by molar-refractivity contribution is 7.07. The first-order valence-corrected chi connectivity index (χ1v) is 6.65. The topological polar surface area (TPSA) is 50.9 Å². The van der Waals surface area contributed by atoms with E-state index in [1.54, 1.807) is 11.3 Å². The normalized spacial score (nSPS) is 10.7. The van der Waals surface area contributed by atoms with Gasteiger partial charge in [-0.2, -0.15) is 0 Å². The second-order valence-electron chi connectivity index (χ2n) is 3.68. The van der Waals surface area contributed by atoms with Crippen LogP contribution in [0.2, 0.25) is 0 Å². The second-order valence-corrected chi connectivity index (χ2v) is 4.40. The molecule has 0 aliphatic rings. The van der Waals surface area contributed by atoms with Gasteiger partial charge in [0.15, 0.2) is 0 Å². The Morgan fingerprint density at radius 2 is 2.07 bits per heavy atom. The molecule has 0 saturated carbocycles. The van der Waals surface area contributed by atoms with E-state index in [1.807, 2.05) is 5.51 Å². The van der Waals surface area contributed by atoms with Gasteiger partial charge >= 0.3 is 0 Å². The fourth-order valence-electron chi connectivity index (χ4n) is 1.45. The maximum Gasteiger partial charge on any atom is 0.0794 e. The number of hydrogen-bond donors (Lipinski definition) is 2. The Kier molecular flexibility index (Phi) is 7.42. The molecule has 4 heteroatoms. The maximum absolute atomic E-state index is 5.42. The lowest BCUT2D eigenvalue weighted by Gasteiger charge is -2.03. The smallest absolute Gasteiger partial charge is 0.0794 e. The molecule has 1 rings (SSSR count). The van der Waals surface area contributed by atoms with E-state index in [1.165, 1.54) is 31.4 Å². The number of nitrogens with two attached hydrogens (primary N) is 1. The molecule has 0 aromatic carbocycles. The second kappa shape index (κ2) is 8.83. The van der Waals surface area contributed by atoms with Crippen molar-refractivity contribution in [1.82, 2.24) is 10.3 Å². The molecule has 3 N–H and O–H groups in total. The van der Waals surface area contributed by atoms with E-state index in [4.69, 9.17) is 5.73 Å². The van der Waals surface area contributed by atoms with Gasteiger partial charge in [-0.05, 0) is 25.9 Å². The summed E-state index contributed by atoms with van der Waals surface area (Å²) >= 11 is 1.67. The van der Waals surface area contributed by atoms with Gasteiger partial charge < -0.3 is 11.1 Å². The average molecular weight is 227 g/mol. The van der Waals surface area contributed by atoms with Crippen molar-refractivity contribution in [2.24, 2.45) is 5.73 Å². The monoisotopic (exact) mass is 227 g/mol. The molecule has 0 saturated heterocycles. The van der Waals surface area contributed by atoms with Gasteiger partial charge in [0.1, 0.15) is 0 Å². The Bertz CT molecular complexity index is 224. The van der Waals surface area contributed by atoms with Crippen LogP contribution in [0.3, 0.4) is 0 Å². The van der Waals surface area contributed by atoms with Crippen LogP contribution in [0.25, 0.3) is 0 Å². The third kappa shape index (κ3) is 6.60. The molecule has 15 heavy (non-hydrogen) atoms. The number of nitrogens with one attached hydrogen (secondary N) is 1. The van der Waals surface area contributed by atoms with Crippen molar-refractivity contribution < 1.29 is 0 Å². The van der Waals surface area contributed by atoms with Crippen LogP contribution in [0, 0.1) is 0 Å². The predicted molar refractivity (Wildman–Crippen MR) is 66.2 cm³/mol. The lowest BCUT2D eigenvalue weighted by molar-refractivity contribution is 0.589. The molecule has 0 aliphatic heterocycles. The standard InChI is InChI=1S/C11H21N3S/c12-6-3-1-2-4-7-13-8-5-11-9-15-10-14-11/h9-10,13H,1-8,12H2. The molecule has 0 atom stereocenters. The highest BCUT2D eigenvalue weighted by atomic mass is 32.1. The molecule has 0 amide bonds. The van der Waals surface area contributed by atoms with E-state index in [-0.39, 0.29) is 0 Å². The molecule has 0 fully saturated rings.